The monoisotopic (exact) mass is 282 g/mol. The van der Waals surface area contributed by atoms with Crippen molar-refractivity contribution >= 4 is 17.6 Å². The van der Waals surface area contributed by atoms with Crippen LogP contribution in [0, 0.1) is 17.0 Å². The molecule has 1 rings (SSSR count). The van der Waals surface area contributed by atoms with Crippen LogP contribution >= 0.6 is 0 Å². The number of nitrogens with zero attached hydrogens (tertiary/aromatic N) is 2. The summed E-state index contributed by atoms with van der Waals surface area (Å²) in [6.45, 7) is 0.669. The van der Waals surface area contributed by atoms with Crippen LogP contribution in [-0.2, 0) is 16.1 Å². The van der Waals surface area contributed by atoms with E-state index in [2.05, 4.69) is 0 Å². The van der Waals surface area contributed by atoms with E-state index in [9.17, 15) is 19.7 Å². The zero-order chi connectivity index (χ0) is 15.3. The first-order valence-electron chi connectivity index (χ1n) is 5.70. The molecule has 0 amide bonds. The Morgan fingerprint density at radius 1 is 1.25 bits per heavy atom. The molecule has 0 bridgehead atoms. The standard InChI is InChI=1S/C12H14N2O6/c1-8-9(3-2-4-10(8)14(19)20)5-13(6-11(15)16)7-12(17)18/h2-4H,5-7H2,1H3,(H,15,16)(H,17,18). The van der Waals surface area contributed by atoms with Gasteiger partial charge in [0.1, 0.15) is 0 Å². The summed E-state index contributed by atoms with van der Waals surface area (Å²) in [6, 6.07) is 4.44. The molecule has 8 nitrogen and oxygen atoms in total. The molecule has 0 saturated heterocycles. The van der Waals surface area contributed by atoms with E-state index >= 15 is 0 Å². The largest absolute Gasteiger partial charge is 0.480 e. The number of rotatable bonds is 7. The molecule has 0 aromatic heterocycles. The molecule has 2 N–H and O–H groups in total. The maximum Gasteiger partial charge on any atom is 0.317 e. The van der Waals surface area contributed by atoms with Gasteiger partial charge < -0.3 is 10.2 Å². The number of nitro benzene ring substituents is 1. The molecule has 20 heavy (non-hydrogen) atoms. The molecule has 0 radical (unpaired) electrons. The third kappa shape index (κ3) is 4.32. The van der Waals surface area contributed by atoms with Gasteiger partial charge in [0.05, 0.1) is 18.0 Å². The second kappa shape index (κ2) is 6.62. The maximum absolute atomic E-state index is 10.8. The normalized spacial score (nSPS) is 10.5. The highest BCUT2D eigenvalue weighted by Gasteiger charge is 2.18. The van der Waals surface area contributed by atoms with E-state index in [-0.39, 0.29) is 12.2 Å². The quantitative estimate of drug-likeness (QED) is 0.562. The summed E-state index contributed by atoms with van der Waals surface area (Å²) in [5.74, 6) is -2.32. The van der Waals surface area contributed by atoms with Gasteiger partial charge in [-0.1, -0.05) is 12.1 Å². The zero-order valence-electron chi connectivity index (χ0n) is 10.8. The first-order valence-corrected chi connectivity index (χ1v) is 5.70. The van der Waals surface area contributed by atoms with E-state index in [0.717, 1.165) is 0 Å². The molecule has 108 valence electrons. The van der Waals surface area contributed by atoms with Gasteiger partial charge in [0.25, 0.3) is 5.69 Å². The predicted octanol–water partition coefficient (Wildman–Crippen LogP) is 0.874. The molecule has 0 unspecified atom stereocenters. The lowest BCUT2D eigenvalue weighted by molar-refractivity contribution is -0.385. The molecule has 1 aromatic carbocycles. The van der Waals surface area contributed by atoms with Gasteiger partial charge in [-0.25, -0.2) is 0 Å². The van der Waals surface area contributed by atoms with Crippen molar-refractivity contribution in [2.75, 3.05) is 13.1 Å². The Bertz CT molecular complexity index is 527. The molecule has 1 aromatic rings. The predicted molar refractivity (Wildman–Crippen MR) is 68.4 cm³/mol. The lowest BCUT2D eigenvalue weighted by Gasteiger charge is -2.19. The van der Waals surface area contributed by atoms with Gasteiger partial charge in [-0.15, -0.1) is 0 Å². The Morgan fingerprint density at radius 3 is 2.25 bits per heavy atom. The fraction of sp³-hybridized carbons (Fsp3) is 0.333. The molecule has 0 fully saturated rings. The van der Waals surface area contributed by atoms with Crippen molar-refractivity contribution in [2.45, 2.75) is 13.5 Å². The van der Waals surface area contributed by atoms with E-state index in [1.54, 1.807) is 13.0 Å². The minimum Gasteiger partial charge on any atom is -0.480 e. The van der Waals surface area contributed by atoms with Crippen LogP contribution in [0.2, 0.25) is 0 Å². The Labute approximate surface area is 114 Å². The van der Waals surface area contributed by atoms with Crippen molar-refractivity contribution in [3.63, 3.8) is 0 Å². The molecule has 0 aliphatic heterocycles. The Morgan fingerprint density at radius 2 is 1.80 bits per heavy atom. The molecule has 0 spiro atoms. The maximum atomic E-state index is 10.8. The third-order valence-corrected chi connectivity index (χ3v) is 2.73. The highest BCUT2D eigenvalue weighted by atomic mass is 16.6. The summed E-state index contributed by atoms with van der Waals surface area (Å²) in [5.41, 5.74) is 0.855. The minimum absolute atomic E-state index is 0.0200. The molecule has 8 heteroatoms. The van der Waals surface area contributed by atoms with Gasteiger partial charge >= 0.3 is 11.9 Å². The topological polar surface area (TPSA) is 121 Å². The Balaban J connectivity index is 2.98. The van der Waals surface area contributed by atoms with Gasteiger partial charge in [-0.3, -0.25) is 24.6 Å². The fourth-order valence-electron chi connectivity index (χ4n) is 1.83. The van der Waals surface area contributed by atoms with Gasteiger partial charge in [-0.05, 0) is 12.5 Å². The van der Waals surface area contributed by atoms with E-state index in [1.807, 2.05) is 0 Å². The average molecular weight is 282 g/mol. The number of hydrogen-bond donors (Lipinski definition) is 2. The number of aliphatic carboxylic acids is 2. The van der Waals surface area contributed by atoms with Crippen LogP contribution in [0.1, 0.15) is 11.1 Å². The number of carboxylic acid groups (broad SMARTS) is 2. The molecule has 0 heterocycles. The summed E-state index contributed by atoms with van der Waals surface area (Å²) >= 11 is 0. The van der Waals surface area contributed by atoms with Crippen molar-refractivity contribution in [1.82, 2.24) is 4.90 Å². The summed E-state index contributed by atoms with van der Waals surface area (Å²) in [7, 11) is 0. The van der Waals surface area contributed by atoms with Crippen LogP contribution in [0.25, 0.3) is 0 Å². The first kappa shape index (κ1) is 15.6. The van der Waals surface area contributed by atoms with Crippen molar-refractivity contribution in [3.8, 4) is 0 Å². The fourth-order valence-corrected chi connectivity index (χ4v) is 1.83. The van der Waals surface area contributed by atoms with Crippen molar-refractivity contribution in [3.05, 3.63) is 39.4 Å². The summed E-state index contributed by atoms with van der Waals surface area (Å²) < 4.78 is 0. The van der Waals surface area contributed by atoms with Crippen molar-refractivity contribution in [2.24, 2.45) is 0 Å². The number of hydrogen-bond acceptors (Lipinski definition) is 5. The van der Waals surface area contributed by atoms with Crippen molar-refractivity contribution < 1.29 is 24.7 Å². The lowest BCUT2D eigenvalue weighted by atomic mass is 10.1. The number of carbonyl (C=O) groups is 2. The summed E-state index contributed by atoms with van der Waals surface area (Å²) in [5, 5.41) is 28.3. The summed E-state index contributed by atoms with van der Waals surface area (Å²) in [6.07, 6.45) is 0. The Kier molecular flexibility index (Phi) is 5.15. The van der Waals surface area contributed by atoms with Gasteiger partial charge in [0, 0.05) is 18.2 Å². The van der Waals surface area contributed by atoms with Crippen LogP contribution in [0.15, 0.2) is 18.2 Å². The number of carboxylic acids is 2. The highest BCUT2D eigenvalue weighted by molar-refractivity contribution is 5.72. The summed E-state index contributed by atoms with van der Waals surface area (Å²) in [4.78, 5) is 32.9. The van der Waals surface area contributed by atoms with Crippen LogP contribution in [0.4, 0.5) is 5.69 Å². The highest BCUT2D eigenvalue weighted by Crippen LogP contribution is 2.22. The van der Waals surface area contributed by atoms with Crippen molar-refractivity contribution in [1.29, 1.82) is 0 Å². The SMILES string of the molecule is Cc1c(CN(CC(=O)O)CC(=O)O)cccc1[N+](=O)[O-]. The van der Waals surface area contributed by atoms with Gasteiger partial charge in [0.15, 0.2) is 0 Å². The Hall–Kier alpha value is -2.48. The average Bonchev–Trinajstić information content (AvgIpc) is 2.29. The molecule has 0 aliphatic carbocycles. The minimum atomic E-state index is -1.16. The second-order valence-electron chi connectivity index (χ2n) is 4.25. The lowest BCUT2D eigenvalue weighted by Crippen LogP contribution is -2.34. The van der Waals surface area contributed by atoms with Crippen LogP contribution in [0.3, 0.4) is 0 Å². The van der Waals surface area contributed by atoms with E-state index in [1.165, 1.54) is 17.0 Å². The smallest absolute Gasteiger partial charge is 0.317 e. The van der Waals surface area contributed by atoms with E-state index < -0.39 is 30.0 Å². The molecule has 0 aliphatic rings. The van der Waals surface area contributed by atoms with Crippen LogP contribution < -0.4 is 0 Å². The third-order valence-electron chi connectivity index (χ3n) is 2.73. The molecular weight excluding hydrogens is 268 g/mol. The van der Waals surface area contributed by atoms with Crippen LogP contribution in [-0.4, -0.2) is 45.1 Å². The van der Waals surface area contributed by atoms with Gasteiger partial charge in [-0.2, -0.15) is 0 Å². The zero-order valence-corrected chi connectivity index (χ0v) is 10.8. The van der Waals surface area contributed by atoms with Crippen LogP contribution in [0.5, 0.6) is 0 Å². The van der Waals surface area contributed by atoms with E-state index in [0.29, 0.717) is 11.1 Å². The van der Waals surface area contributed by atoms with Gasteiger partial charge in [0.2, 0.25) is 0 Å². The molecule has 0 saturated carbocycles. The number of nitro groups is 1. The second-order valence-corrected chi connectivity index (χ2v) is 4.25. The molecular formula is C12H14N2O6. The first-order chi connectivity index (χ1) is 9.31. The number of benzene rings is 1. The van der Waals surface area contributed by atoms with E-state index in [4.69, 9.17) is 10.2 Å². The molecule has 0 atom stereocenters.